The van der Waals surface area contributed by atoms with E-state index in [1.54, 1.807) is 6.08 Å². The Balaban J connectivity index is 1.51. The van der Waals surface area contributed by atoms with Crippen molar-refractivity contribution in [3.8, 4) is 11.5 Å². The third-order valence-corrected chi connectivity index (χ3v) is 3.94. The van der Waals surface area contributed by atoms with Gasteiger partial charge in [-0.3, -0.25) is 20.4 Å². The fraction of sp³-hybridized carbons (Fsp3) is 0.200. The molecule has 0 aromatic heterocycles. The highest BCUT2D eigenvalue weighted by Crippen LogP contribution is 2.25. The Morgan fingerprint density at radius 2 is 1.92 bits per heavy atom. The summed E-state index contributed by atoms with van der Waals surface area (Å²) in [5.41, 5.74) is 7.97. The Bertz CT molecular complexity index is 874. The fourth-order valence-electron chi connectivity index (χ4n) is 2.50. The maximum Gasteiger partial charge on any atom is 0.276 e. The molecule has 134 valence electrons. The highest BCUT2D eigenvalue weighted by atomic mass is 16.5. The molecule has 0 aliphatic carbocycles. The summed E-state index contributed by atoms with van der Waals surface area (Å²) in [6.07, 6.45) is 1.74. The Morgan fingerprint density at radius 1 is 1.12 bits per heavy atom. The maximum absolute atomic E-state index is 12.2. The molecule has 6 nitrogen and oxygen atoms in total. The van der Waals surface area contributed by atoms with Crippen LogP contribution in [-0.2, 0) is 9.59 Å². The van der Waals surface area contributed by atoms with Crippen LogP contribution < -0.4 is 20.3 Å². The predicted octanol–water partition coefficient (Wildman–Crippen LogP) is 2.31. The normalized spacial score (nSPS) is 12.3. The van der Waals surface area contributed by atoms with Crippen LogP contribution in [0, 0.1) is 13.8 Å². The average molecular weight is 352 g/mol. The molecule has 0 fully saturated rings. The van der Waals surface area contributed by atoms with Gasteiger partial charge in [0.2, 0.25) is 0 Å². The van der Waals surface area contributed by atoms with Crippen molar-refractivity contribution < 1.29 is 19.1 Å². The summed E-state index contributed by atoms with van der Waals surface area (Å²) in [5.74, 6) is 0.512. The molecule has 1 aliphatic rings. The predicted molar refractivity (Wildman–Crippen MR) is 97.6 cm³/mol. The molecular formula is C20H20N2O4. The van der Waals surface area contributed by atoms with Gasteiger partial charge in [0, 0.05) is 5.56 Å². The first-order valence-electron chi connectivity index (χ1n) is 8.24. The van der Waals surface area contributed by atoms with Crippen molar-refractivity contribution in [2.24, 2.45) is 0 Å². The quantitative estimate of drug-likeness (QED) is 0.828. The number of benzene rings is 2. The summed E-state index contributed by atoms with van der Waals surface area (Å²) < 4.78 is 11.0. The van der Waals surface area contributed by atoms with Gasteiger partial charge in [-0.2, -0.15) is 0 Å². The molecule has 2 N–H and O–H groups in total. The standard InChI is InChI=1S/C20H20N2O4/c1-13-7-8-14(2)18(9-13)26-12-19(23)21-22-20(24)16-10-15-5-3-4-6-17(15)25-11-16/h3-10H,11-12H2,1-2H3,(H,21,23)(H,22,24). The summed E-state index contributed by atoms with van der Waals surface area (Å²) in [7, 11) is 0. The van der Waals surface area contributed by atoms with Crippen molar-refractivity contribution in [2.45, 2.75) is 13.8 Å². The Kier molecular flexibility index (Phi) is 5.22. The van der Waals surface area contributed by atoms with E-state index in [9.17, 15) is 9.59 Å². The lowest BCUT2D eigenvalue weighted by Gasteiger charge is -2.17. The number of carbonyl (C=O) groups excluding carboxylic acids is 2. The van der Waals surface area contributed by atoms with Crippen LogP contribution in [0.15, 0.2) is 48.0 Å². The van der Waals surface area contributed by atoms with Crippen molar-refractivity contribution in [3.63, 3.8) is 0 Å². The molecule has 0 saturated carbocycles. The number of para-hydroxylation sites is 1. The van der Waals surface area contributed by atoms with Crippen LogP contribution >= 0.6 is 0 Å². The number of hydrogen-bond acceptors (Lipinski definition) is 4. The summed E-state index contributed by atoms with van der Waals surface area (Å²) in [6.45, 7) is 3.81. The van der Waals surface area contributed by atoms with Gasteiger partial charge in [-0.1, -0.05) is 30.3 Å². The van der Waals surface area contributed by atoms with Crippen molar-refractivity contribution in [1.29, 1.82) is 0 Å². The molecule has 0 unspecified atom stereocenters. The maximum atomic E-state index is 12.2. The summed E-state index contributed by atoms with van der Waals surface area (Å²) in [6, 6.07) is 13.2. The molecule has 0 saturated heterocycles. The van der Waals surface area contributed by atoms with Gasteiger partial charge in [-0.25, -0.2) is 0 Å². The van der Waals surface area contributed by atoms with Gasteiger partial charge < -0.3 is 9.47 Å². The summed E-state index contributed by atoms with van der Waals surface area (Å²) >= 11 is 0. The topological polar surface area (TPSA) is 76.7 Å². The zero-order valence-electron chi connectivity index (χ0n) is 14.7. The molecule has 0 radical (unpaired) electrons. The van der Waals surface area contributed by atoms with E-state index < -0.39 is 11.8 Å². The summed E-state index contributed by atoms with van der Waals surface area (Å²) in [4.78, 5) is 24.1. The zero-order valence-corrected chi connectivity index (χ0v) is 14.7. The van der Waals surface area contributed by atoms with E-state index in [4.69, 9.17) is 9.47 Å². The number of rotatable bonds is 4. The van der Waals surface area contributed by atoms with E-state index in [0.29, 0.717) is 11.3 Å². The molecule has 6 heteroatoms. The number of amides is 2. The van der Waals surface area contributed by atoms with Crippen LogP contribution in [0.5, 0.6) is 11.5 Å². The van der Waals surface area contributed by atoms with Crippen LogP contribution in [0.3, 0.4) is 0 Å². The minimum absolute atomic E-state index is 0.151. The highest BCUT2D eigenvalue weighted by Gasteiger charge is 2.17. The molecule has 2 aromatic carbocycles. The lowest BCUT2D eigenvalue weighted by Crippen LogP contribution is -2.45. The van der Waals surface area contributed by atoms with E-state index in [0.717, 1.165) is 22.4 Å². The van der Waals surface area contributed by atoms with Crippen LogP contribution in [0.4, 0.5) is 0 Å². The zero-order chi connectivity index (χ0) is 18.5. The van der Waals surface area contributed by atoms with E-state index in [1.807, 2.05) is 56.3 Å². The molecule has 1 heterocycles. The fourth-order valence-corrected chi connectivity index (χ4v) is 2.50. The first-order chi connectivity index (χ1) is 12.5. The number of carbonyl (C=O) groups is 2. The average Bonchev–Trinajstić information content (AvgIpc) is 2.66. The Labute approximate surface area is 151 Å². The molecule has 0 atom stereocenters. The SMILES string of the molecule is Cc1ccc(C)c(OCC(=O)NNC(=O)C2=Cc3ccccc3OC2)c1. The van der Waals surface area contributed by atoms with Gasteiger partial charge in [0.05, 0.1) is 5.57 Å². The lowest BCUT2D eigenvalue weighted by molar-refractivity contribution is -0.128. The molecule has 2 amide bonds. The van der Waals surface area contributed by atoms with Crippen molar-refractivity contribution in [2.75, 3.05) is 13.2 Å². The van der Waals surface area contributed by atoms with Gasteiger partial charge in [0.15, 0.2) is 6.61 Å². The van der Waals surface area contributed by atoms with Crippen molar-refractivity contribution in [3.05, 3.63) is 64.7 Å². The molecule has 1 aliphatic heterocycles. The van der Waals surface area contributed by atoms with Gasteiger partial charge in [-0.15, -0.1) is 0 Å². The minimum Gasteiger partial charge on any atom is -0.488 e. The largest absolute Gasteiger partial charge is 0.488 e. The number of fused-ring (bicyclic) bond motifs is 1. The van der Waals surface area contributed by atoms with Gasteiger partial charge in [0.25, 0.3) is 11.8 Å². The summed E-state index contributed by atoms with van der Waals surface area (Å²) in [5, 5.41) is 0. The number of hydrogen-bond donors (Lipinski definition) is 2. The van der Waals surface area contributed by atoms with Gasteiger partial charge in [-0.05, 0) is 43.2 Å². The third kappa shape index (κ3) is 4.22. The number of nitrogens with one attached hydrogen (secondary N) is 2. The lowest BCUT2D eigenvalue weighted by atomic mass is 10.1. The second-order valence-electron chi connectivity index (χ2n) is 6.06. The molecule has 0 spiro atoms. The highest BCUT2D eigenvalue weighted by molar-refractivity contribution is 5.99. The van der Waals surface area contributed by atoms with E-state index in [-0.39, 0.29) is 13.2 Å². The van der Waals surface area contributed by atoms with Crippen LogP contribution in [0.2, 0.25) is 0 Å². The molecule has 2 aromatic rings. The van der Waals surface area contributed by atoms with Gasteiger partial charge in [0.1, 0.15) is 18.1 Å². The smallest absolute Gasteiger partial charge is 0.276 e. The second-order valence-corrected chi connectivity index (χ2v) is 6.06. The van der Waals surface area contributed by atoms with Crippen LogP contribution in [0.25, 0.3) is 6.08 Å². The Morgan fingerprint density at radius 3 is 2.77 bits per heavy atom. The molecule has 26 heavy (non-hydrogen) atoms. The van der Waals surface area contributed by atoms with E-state index in [2.05, 4.69) is 10.9 Å². The number of aryl methyl sites for hydroxylation is 2. The molecule has 3 rings (SSSR count). The Hall–Kier alpha value is -3.28. The van der Waals surface area contributed by atoms with Crippen molar-refractivity contribution >= 4 is 17.9 Å². The number of hydrazine groups is 1. The van der Waals surface area contributed by atoms with Gasteiger partial charge >= 0.3 is 0 Å². The van der Waals surface area contributed by atoms with Crippen LogP contribution in [0.1, 0.15) is 16.7 Å². The van der Waals surface area contributed by atoms with E-state index >= 15 is 0 Å². The minimum atomic E-state index is -0.447. The number of ether oxygens (including phenoxy) is 2. The third-order valence-electron chi connectivity index (χ3n) is 3.94. The first-order valence-corrected chi connectivity index (χ1v) is 8.24. The molecule has 0 bridgehead atoms. The first kappa shape index (κ1) is 17.5. The molecular weight excluding hydrogens is 332 g/mol. The van der Waals surface area contributed by atoms with Crippen molar-refractivity contribution in [1.82, 2.24) is 10.9 Å². The second kappa shape index (κ2) is 7.74. The monoisotopic (exact) mass is 352 g/mol. The van der Waals surface area contributed by atoms with Crippen LogP contribution in [-0.4, -0.2) is 25.0 Å². The van der Waals surface area contributed by atoms with E-state index in [1.165, 1.54) is 0 Å².